The lowest BCUT2D eigenvalue weighted by Crippen LogP contribution is -2.39. The van der Waals surface area contributed by atoms with E-state index in [0.29, 0.717) is 29.7 Å². The topological polar surface area (TPSA) is 87.3 Å². The Balaban J connectivity index is 1.33. The summed E-state index contributed by atoms with van der Waals surface area (Å²) in [4.78, 5) is 26.5. The largest absolute Gasteiger partial charge is 0.491 e. The van der Waals surface area contributed by atoms with E-state index in [2.05, 4.69) is 15.5 Å². The van der Waals surface area contributed by atoms with Crippen LogP contribution in [-0.2, 0) is 0 Å². The van der Waals surface area contributed by atoms with E-state index in [4.69, 9.17) is 4.74 Å². The molecule has 1 saturated carbocycles. The molecule has 0 radical (unpaired) electrons. The molecule has 2 N–H and O–H groups in total. The lowest BCUT2D eigenvalue weighted by atomic mass is 10.2. The fourth-order valence-corrected chi connectivity index (χ4v) is 3.34. The molecule has 0 spiro atoms. The molecule has 2 fully saturated rings. The summed E-state index contributed by atoms with van der Waals surface area (Å²) in [6, 6.07) is 9.31. The van der Waals surface area contributed by atoms with Crippen LogP contribution in [0.2, 0.25) is 0 Å². The summed E-state index contributed by atoms with van der Waals surface area (Å²) in [5.41, 5.74) is 1.96. The number of aryl methyl sites for hydroxylation is 1. The normalized spacial score (nSPS) is 19.1. The predicted molar refractivity (Wildman–Crippen MR) is 99.8 cm³/mol. The van der Waals surface area contributed by atoms with E-state index in [9.17, 15) is 9.59 Å². The average Bonchev–Trinajstić information content (AvgIpc) is 3.18. The summed E-state index contributed by atoms with van der Waals surface area (Å²) in [6.07, 6.45) is 4.02. The number of amides is 2. The van der Waals surface area contributed by atoms with Crippen molar-refractivity contribution in [1.29, 1.82) is 0 Å². The van der Waals surface area contributed by atoms with Gasteiger partial charge in [0.1, 0.15) is 18.1 Å². The number of nitrogens with zero attached hydrogens (tertiary/aromatic N) is 2. The Hall–Kier alpha value is -2.83. The molecule has 2 amide bonds. The number of likely N-dealkylation sites (tertiary alicyclic amines) is 1. The molecule has 2 heterocycles. The third-order valence-corrected chi connectivity index (χ3v) is 5.03. The minimum Gasteiger partial charge on any atom is -0.491 e. The lowest BCUT2D eigenvalue weighted by Gasteiger charge is -2.24. The van der Waals surface area contributed by atoms with Gasteiger partial charge in [-0.15, -0.1) is 0 Å². The van der Waals surface area contributed by atoms with Crippen LogP contribution in [0.5, 0.6) is 5.75 Å². The van der Waals surface area contributed by atoms with Gasteiger partial charge in [-0.1, -0.05) is 0 Å². The maximum atomic E-state index is 12.6. The average molecular weight is 368 g/mol. The summed E-state index contributed by atoms with van der Waals surface area (Å²) in [5.74, 6) is 0.608. The first-order valence-electron chi connectivity index (χ1n) is 9.47. The number of hydrogen-bond donors (Lipinski definition) is 2. The molecule has 1 aliphatic heterocycles. The highest BCUT2D eigenvalue weighted by atomic mass is 16.5. The maximum Gasteiger partial charge on any atom is 0.274 e. The van der Waals surface area contributed by atoms with E-state index in [1.165, 1.54) is 0 Å². The first-order valence-corrected chi connectivity index (χ1v) is 9.47. The van der Waals surface area contributed by atoms with Crippen molar-refractivity contribution in [2.75, 3.05) is 13.2 Å². The highest BCUT2D eigenvalue weighted by Crippen LogP contribution is 2.22. The molecule has 7 heteroatoms. The number of aromatic amines is 1. The molecule has 1 aromatic carbocycles. The van der Waals surface area contributed by atoms with Gasteiger partial charge in [0.2, 0.25) is 0 Å². The third kappa shape index (κ3) is 4.13. The van der Waals surface area contributed by atoms with Gasteiger partial charge < -0.3 is 15.0 Å². The second kappa shape index (κ2) is 7.42. The maximum absolute atomic E-state index is 12.6. The summed E-state index contributed by atoms with van der Waals surface area (Å²) < 4.78 is 5.89. The lowest BCUT2D eigenvalue weighted by molar-refractivity contribution is 0.0685. The molecule has 2 aliphatic rings. The van der Waals surface area contributed by atoms with Crippen LogP contribution in [0, 0.1) is 6.92 Å². The van der Waals surface area contributed by atoms with E-state index in [-0.39, 0.29) is 17.9 Å². The smallest absolute Gasteiger partial charge is 0.274 e. The van der Waals surface area contributed by atoms with E-state index in [1.807, 2.05) is 11.8 Å². The molecule has 2 aromatic rings. The monoisotopic (exact) mass is 368 g/mol. The number of aromatic nitrogens is 2. The summed E-state index contributed by atoms with van der Waals surface area (Å²) >= 11 is 0. The van der Waals surface area contributed by atoms with Crippen LogP contribution in [-0.4, -0.2) is 52.1 Å². The molecule has 1 unspecified atom stereocenters. The van der Waals surface area contributed by atoms with Gasteiger partial charge in [-0.3, -0.25) is 14.7 Å². The van der Waals surface area contributed by atoms with Gasteiger partial charge in [0.05, 0.1) is 6.04 Å². The van der Waals surface area contributed by atoms with Crippen molar-refractivity contribution < 1.29 is 14.3 Å². The first-order chi connectivity index (χ1) is 13.1. The molecule has 27 heavy (non-hydrogen) atoms. The van der Waals surface area contributed by atoms with Gasteiger partial charge in [-0.2, -0.15) is 5.10 Å². The Morgan fingerprint density at radius 2 is 2.04 bits per heavy atom. The molecule has 0 bridgehead atoms. The zero-order chi connectivity index (χ0) is 18.8. The number of benzene rings is 1. The number of carbonyl (C=O) groups is 2. The van der Waals surface area contributed by atoms with E-state index >= 15 is 0 Å². The SMILES string of the molecule is Cc1cc(C(=O)N2CCCC2COc2ccc(C(=O)NC3CC3)cc2)n[nH]1. The second-order valence-electron chi connectivity index (χ2n) is 7.31. The quantitative estimate of drug-likeness (QED) is 0.819. The standard InChI is InChI=1S/C20H24N4O3/c1-13-11-18(23-22-13)20(26)24-10-2-3-16(24)12-27-17-8-4-14(5-9-17)19(25)21-15-6-7-15/h4-5,8-9,11,15-16H,2-3,6-7,10,12H2,1H3,(H,21,25)(H,22,23). The molecule has 1 aromatic heterocycles. The number of ether oxygens (including phenoxy) is 1. The predicted octanol–water partition coefficient (Wildman–Crippen LogP) is 2.29. The van der Waals surface area contributed by atoms with E-state index in [0.717, 1.165) is 37.9 Å². The minimum atomic E-state index is -0.0578. The zero-order valence-electron chi connectivity index (χ0n) is 15.4. The summed E-state index contributed by atoms with van der Waals surface area (Å²) in [5, 5.41) is 9.85. The van der Waals surface area contributed by atoms with Crippen LogP contribution in [0.1, 0.15) is 52.2 Å². The Morgan fingerprint density at radius 3 is 2.70 bits per heavy atom. The van der Waals surface area contributed by atoms with Crippen LogP contribution >= 0.6 is 0 Å². The van der Waals surface area contributed by atoms with Gasteiger partial charge in [0.15, 0.2) is 0 Å². The molecule has 142 valence electrons. The van der Waals surface area contributed by atoms with E-state index < -0.39 is 0 Å². The molecular weight excluding hydrogens is 344 g/mol. The fourth-order valence-electron chi connectivity index (χ4n) is 3.34. The van der Waals surface area contributed by atoms with Crippen molar-refractivity contribution in [2.24, 2.45) is 0 Å². The van der Waals surface area contributed by atoms with Gasteiger partial charge in [-0.25, -0.2) is 0 Å². The molecule has 1 aliphatic carbocycles. The van der Waals surface area contributed by atoms with Crippen molar-refractivity contribution in [3.05, 3.63) is 47.3 Å². The van der Waals surface area contributed by atoms with Crippen LogP contribution in [0.15, 0.2) is 30.3 Å². The molecular formula is C20H24N4O3. The van der Waals surface area contributed by atoms with Crippen molar-refractivity contribution >= 4 is 11.8 Å². The zero-order valence-corrected chi connectivity index (χ0v) is 15.4. The number of carbonyl (C=O) groups excluding carboxylic acids is 2. The van der Waals surface area contributed by atoms with Crippen LogP contribution in [0.25, 0.3) is 0 Å². The molecule has 4 rings (SSSR count). The fraction of sp³-hybridized carbons (Fsp3) is 0.450. The minimum absolute atomic E-state index is 0.0346. The number of nitrogens with one attached hydrogen (secondary N) is 2. The second-order valence-corrected chi connectivity index (χ2v) is 7.31. The Bertz CT molecular complexity index is 826. The van der Waals surface area contributed by atoms with E-state index in [1.54, 1.807) is 30.3 Å². The van der Waals surface area contributed by atoms with Crippen LogP contribution < -0.4 is 10.1 Å². The van der Waals surface area contributed by atoms with Gasteiger partial charge in [-0.05, 0) is 62.9 Å². The Kier molecular flexibility index (Phi) is 4.83. The van der Waals surface area contributed by atoms with Crippen molar-refractivity contribution in [2.45, 2.75) is 44.7 Å². The Morgan fingerprint density at radius 1 is 1.26 bits per heavy atom. The van der Waals surface area contributed by atoms with Crippen LogP contribution in [0.4, 0.5) is 0 Å². The van der Waals surface area contributed by atoms with Gasteiger partial charge in [0.25, 0.3) is 11.8 Å². The first kappa shape index (κ1) is 17.6. The number of rotatable bonds is 6. The Labute approximate surface area is 158 Å². The molecule has 7 nitrogen and oxygen atoms in total. The highest BCUT2D eigenvalue weighted by Gasteiger charge is 2.31. The summed E-state index contributed by atoms with van der Waals surface area (Å²) in [7, 11) is 0. The molecule has 1 atom stereocenters. The third-order valence-electron chi connectivity index (χ3n) is 5.03. The number of hydrogen-bond acceptors (Lipinski definition) is 4. The number of H-pyrrole nitrogens is 1. The van der Waals surface area contributed by atoms with Gasteiger partial charge in [0, 0.05) is 23.8 Å². The van der Waals surface area contributed by atoms with Crippen molar-refractivity contribution in [3.63, 3.8) is 0 Å². The summed E-state index contributed by atoms with van der Waals surface area (Å²) in [6.45, 7) is 3.03. The van der Waals surface area contributed by atoms with Crippen molar-refractivity contribution in [3.8, 4) is 5.75 Å². The van der Waals surface area contributed by atoms with Crippen molar-refractivity contribution in [1.82, 2.24) is 20.4 Å². The molecule has 1 saturated heterocycles. The highest BCUT2D eigenvalue weighted by molar-refractivity contribution is 5.94. The van der Waals surface area contributed by atoms with Gasteiger partial charge >= 0.3 is 0 Å². The van der Waals surface area contributed by atoms with Crippen LogP contribution in [0.3, 0.4) is 0 Å².